The fourth-order valence-corrected chi connectivity index (χ4v) is 2.73. The third-order valence-corrected chi connectivity index (χ3v) is 4.17. The number of rotatable bonds is 8. The zero-order valence-corrected chi connectivity index (χ0v) is 16.0. The second-order valence-corrected chi connectivity index (χ2v) is 5.93. The molecule has 3 aromatic rings. The number of hydrogen-bond acceptors (Lipinski definition) is 6. The van der Waals surface area contributed by atoms with Crippen LogP contribution in [-0.4, -0.2) is 32.2 Å². The number of amides is 1. The second-order valence-electron chi connectivity index (χ2n) is 5.93. The van der Waals surface area contributed by atoms with Crippen LogP contribution in [-0.2, 0) is 11.2 Å². The van der Waals surface area contributed by atoms with Crippen LogP contribution in [0.1, 0.15) is 12.3 Å². The number of oxazole rings is 1. The molecule has 0 bridgehead atoms. The van der Waals surface area contributed by atoms with E-state index in [1.165, 1.54) is 0 Å². The highest BCUT2D eigenvalue weighted by Crippen LogP contribution is 2.33. The first-order valence-corrected chi connectivity index (χ1v) is 8.74. The molecular weight excluding hydrogens is 360 g/mol. The molecule has 0 atom stereocenters. The first-order valence-electron chi connectivity index (χ1n) is 8.74. The van der Waals surface area contributed by atoms with Gasteiger partial charge in [-0.25, -0.2) is 4.98 Å². The summed E-state index contributed by atoms with van der Waals surface area (Å²) >= 11 is 0. The van der Waals surface area contributed by atoms with Crippen LogP contribution in [0.4, 0.5) is 5.69 Å². The number of anilines is 1. The number of nitrogens with one attached hydrogen (secondary N) is 1. The van der Waals surface area contributed by atoms with Crippen molar-refractivity contribution in [2.24, 2.45) is 0 Å². The first kappa shape index (κ1) is 19.3. The highest BCUT2D eigenvalue weighted by molar-refractivity contribution is 5.92. The van der Waals surface area contributed by atoms with Crippen LogP contribution in [0.2, 0.25) is 0 Å². The molecule has 7 nitrogen and oxygen atoms in total. The summed E-state index contributed by atoms with van der Waals surface area (Å²) < 4.78 is 21.6. The summed E-state index contributed by atoms with van der Waals surface area (Å²) in [6.45, 7) is 0. The van der Waals surface area contributed by atoms with Crippen LogP contribution in [0.3, 0.4) is 0 Å². The molecule has 7 heteroatoms. The molecule has 146 valence electrons. The summed E-state index contributed by atoms with van der Waals surface area (Å²) in [5, 5.41) is 2.83. The Kier molecular flexibility index (Phi) is 6.16. The van der Waals surface area contributed by atoms with Gasteiger partial charge in [0.25, 0.3) is 0 Å². The molecule has 0 unspecified atom stereocenters. The average molecular weight is 382 g/mol. The lowest BCUT2D eigenvalue weighted by molar-refractivity contribution is -0.116. The monoisotopic (exact) mass is 382 g/mol. The van der Waals surface area contributed by atoms with Crippen LogP contribution in [0.25, 0.3) is 11.3 Å². The van der Waals surface area contributed by atoms with Crippen LogP contribution in [0.15, 0.2) is 53.1 Å². The number of para-hydroxylation sites is 2. The van der Waals surface area contributed by atoms with Crippen molar-refractivity contribution in [2.75, 3.05) is 26.6 Å². The Morgan fingerprint density at radius 3 is 2.57 bits per heavy atom. The molecule has 0 aliphatic rings. The van der Waals surface area contributed by atoms with E-state index in [2.05, 4.69) is 10.3 Å². The lowest BCUT2D eigenvalue weighted by Crippen LogP contribution is -2.13. The maximum Gasteiger partial charge on any atom is 0.224 e. The maximum absolute atomic E-state index is 12.2. The molecule has 1 N–H and O–H groups in total. The summed E-state index contributed by atoms with van der Waals surface area (Å²) in [7, 11) is 4.74. The summed E-state index contributed by atoms with van der Waals surface area (Å²) in [6, 6.07) is 12.7. The maximum atomic E-state index is 12.2. The SMILES string of the molecule is COc1ccc(-c2cnc(CCC(=O)Nc3ccccc3OC)o2)c(OC)c1. The fraction of sp³-hybridized carbons (Fsp3) is 0.238. The van der Waals surface area contributed by atoms with Crippen molar-refractivity contribution in [3.63, 3.8) is 0 Å². The Hall–Kier alpha value is -3.48. The topological polar surface area (TPSA) is 82.8 Å². The van der Waals surface area contributed by atoms with Crippen molar-refractivity contribution in [3.05, 3.63) is 54.6 Å². The number of ether oxygens (including phenoxy) is 3. The van der Waals surface area contributed by atoms with E-state index in [4.69, 9.17) is 18.6 Å². The summed E-state index contributed by atoms with van der Waals surface area (Å²) in [5.74, 6) is 2.82. The predicted molar refractivity (Wildman–Crippen MR) is 105 cm³/mol. The van der Waals surface area contributed by atoms with E-state index in [9.17, 15) is 4.79 Å². The number of hydrogen-bond donors (Lipinski definition) is 1. The van der Waals surface area contributed by atoms with Crippen molar-refractivity contribution in [3.8, 4) is 28.6 Å². The molecule has 0 radical (unpaired) electrons. The van der Waals surface area contributed by atoms with Crippen LogP contribution >= 0.6 is 0 Å². The fourth-order valence-electron chi connectivity index (χ4n) is 2.73. The van der Waals surface area contributed by atoms with Crippen molar-refractivity contribution in [2.45, 2.75) is 12.8 Å². The molecular formula is C21H22N2O5. The van der Waals surface area contributed by atoms with E-state index in [-0.39, 0.29) is 12.3 Å². The van der Waals surface area contributed by atoms with Gasteiger partial charge in [0.05, 0.1) is 38.8 Å². The normalized spacial score (nSPS) is 10.4. The van der Waals surface area contributed by atoms with Crippen molar-refractivity contribution in [1.82, 2.24) is 4.98 Å². The highest BCUT2D eigenvalue weighted by atomic mass is 16.5. The number of benzene rings is 2. The molecule has 3 rings (SSSR count). The first-order chi connectivity index (χ1) is 13.6. The Labute approximate surface area is 163 Å². The molecule has 0 saturated heterocycles. The van der Waals surface area contributed by atoms with E-state index in [0.717, 1.165) is 5.56 Å². The number of aromatic nitrogens is 1. The van der Waals surface area contributed by atoms with Crippen LogP contribution in [0.5, 0.6) is 17.2 Å². The zero-order valence-electron chi connectivity index (χ0n) is 16.0. The zero-order chi connectivity index (χ0) is 19.9. The van der Waals surface area contributed by atoms with Crippen LogP contribution < -0.4 is 19.5 Å². The third kappa shape index (κ3) is 4.43. The number of aryl methyl sites for hydroxylation is 1. The summed E-state index contributed by atoms with van der Waals surface area (Å²) in [4.78, 5) is 16.5. The van der Waals surface area contributed by atoms with Gasteiger partial charge in [-0.3, -0.25) is 4.79 Å². The van der Waals surface area contributed by atoms with Gasteiger partial charge in [0.2, 0.25) is 5.91 Å². The van der Waals surface area contributed by atoms with Crippen molar-refractivity contribution < 1.29 is 23.4 Å². The minimum atomic E-state index is -0.147. The summed E-state index contributed by atoms with van der Waals surface area (Å²) in [6.07, 6.45) is 2.23. The predicted octanol–water partition coefficient (Wildman–Crippen LogP) is 3.94. The molecule has 0 fully saturated rings. The van der Waals surface area contributed by atoms with Crippen molar-refractivity contribution in [1.29, 1.82) is 0 Å². The molecule has 0 spiro atoms. The Bertz CT molecular complexity index is 951. The smallest absolute Gasteiger partial charge is 0.224 e. The Balaban J connectivity index is 1.64. The number of nitrogens with zero attached hydrogens (tertiary/aromatic N) is 1. The molecule has 0 aliphatic heterocycles. The van der Waals surface area contributed by atoms with Gasteiger partial charge in [0.15, 0.2) is 11.7 Å². The van der Waals surface area contributed by atoms with Gasteiger partial charge in [-0.1, -0.05) is 12.1 Å². The Morgan fingerprint density at radius 1 is 1.04 bits per heavy atom. The molecule has 1 heterocycles. The molecule has 0 aliphatic carbocycles. The van der Waals surface area contributed by atoms with E-state index in [1.807, 2.05) is 24.3 Å². The van der Waals surface area contributed by atoms with E-state index >= 15 is 0 Å². The number of methoxy groups -OCH3 is 3. The number of carbonyl (C=O) groups is 1. The molecule has 1 amide bonds. The van der Waals surface area contributed by atoms with Gasteiger partial charge < -0.3 is 23.9 Å². The molecule has 0 saturated carbocycles. The quantitative estimate of drug-likeness (QED) is 0.635. The van der Waals surface area contributed by atoms with Crippen LogP contribution in [0, 0.1) is 0 Å². The van der Waals surface area contributed by atoms with E-state index < -0.39 is 0 Å². The number of carbonyl (C=O) groups excluding carboxylic acids is 1. The van der Waals surface area contributed by atoms with Gasteiger partial charge in [-0.2, -0.15) is 0 Å². The largest absolute Gasteiger partial charge is 0.497 e. The van der Waals surface area contributed by atoms with E-state index in [0.29, 0.717) is 41.0 Å². The van der Waals surface area contributed by atoms with Gasteiger partial charge >= 0.3 is 0 Å². The van der Waals surface area contributed by atoms with Gasteiger partial charge in [-0.15, -0.1) is 0 Å². The second kappa shape index (κ2) is 8.94. The van der Waals surface area contributed by atoms with Gasteiger partial charge in [-0.05, 0) is 24.3 Å². The minimum Gasteiger partial charge on any atom is -0.497 e. The lowest BCUT2D eigenvalue weighted by atomic mass is 10.1. The summed E-state index contributed by atoms with van der Waals surface area (Å²) in [5.41, 5.74) is 1.39. The van der Waals surface area contributed by atoms with E-state index in [1.54, 1.807) is 45.7 Å². The Morgan fingerprint density at radius 2 is 1.82 bits per heavy atom. The molecule has 1 aromatic heterocycles. The van der Waals surface area contributed by atoms with Gasteiger partial charge in [0, 0.05) is 18.9 Å². The average Bonchev–Trinajstić information content (AvgIpc) is 3.21. The molecule has 28 heavy (non-hydrogen) atoms. The van der Waals surface area contributed by atoms with Gasteiger partial charge in [0.1, 0.15) is 17.2 Å². The highest BCUT2D eigenvalue weighted by Gasteiger charge is 2.14. The standard InChI is InChI=1S/C21H22N2O5/c1-25-14-8-9-15(18(12-14)27-3)19-13-22-21(28-19)11-10-20(24)23-16-6-4-5-7-17(16)26-2/h4-9,12-13H,10-11H2,1-3H3,(H,23,24). The lowest BCUT2D eigenvalue weighted by Gasteiger charge is -2.09. The van der Waals surface area contributed by atoms with Crippen molar-refractivity contribution >= 4 is 11.6 Å². The minimum absolute atomic E-state index is 0.147. The third-order valence-electron chi connectivity index (χ3n) is 4.17. The molecule has 2 aromatic carbocycles.